The van der Waals surface area contributed by atoms with E-state index in [2.05, 4.69) is 67.1 Å². The van der Waals surface area contributed by atoms with Crippen molar-refractivity contribution in [2.75, 3.05) is 19.6 Å². The highest BCUT2D eigenvalue weighted by Crippen LogP contribution is 2.45. The van der Waals surface area contributed by atoms with E-state index in [4.69, 9.17) is 21.6 Å². The number of nitrogens with zero attached hydrogens (tertiary/aromatic N) is 4. The van der Waals surface area contributed by atoms with Gasteiger partial charge in [-0.1, -0.05) is 86.2 Å². The summed E-state index contributed by atoms with van der Waals surface area (Å²) in [6.45, 7) is 18.0. The highest BCUT2D eigenvalue weighted by Gasteiger charge is 2.32. The molecule has 3 heterocycles. The van der Waals surface area contributed by atoms with Crippen molar-refractivity contribution in [3.05, 3.63) is 77.5 Å². The monoisotopic (exact) mass is 576 g/mol. The molecule has 40 heavy (non-hydrogen) atoms. The molecule has 0 bridgehead atoms. The molecule has 6 heteroatoms. The van der Waals surface area contributed by atoms with Crippen LogP contribution in [-0.4, -0.2) is 39.3 Å². The van der Waals surface area contributed by atoms with Crippen LogP contribution < -0.4 is 0 Å². The van der Waals surface area contributed by atoms with Crippen LogP contribution in [0, 0.1) is 5.92 Å². The third-order valence-electron chi connectivity index (χ3n) is 7.92. The molecule has 214 valence electrons. The lowest BCUT2D eigenvalue weighted by atomic mass is 9.93. The molecule has 0 saturated heterocycles. The van der Waals surface area contributed by atoms with E-state index >= 15 is 0 Å². The van der Waals surface area contributed by atoms with Gasteiger partial charge < -0.3 is 4.57 Å². The van der Waals surface area contributed by atoms with Crippen LogP contribution in [0.5, 0.6) is 0 Å². The van der Waals surface area contributed by atoms with Crippen LogP contribution in [0.1, 0.15) is 83.0 Å². The summed E-state index contributed by atoms with van der Waals surface area (Å²) in [4.78, 5) is 12.7. The highest BCUT2D eigenvalue weighted by atomic mass is 35.5. The number of hydrogen-bond donors (Lipinski definition) is 0. The first-order valence-electron chi connectivity index (χ1n) is 14.9. The van der Waals surface area contributed by atoms with Crippen molar-refractivity contribution in [2.45, 2.75) is 78.2 Å². The number of hydrogen-bond acceptors (Lipinski definition) is 4. The topological polar surface area (TPSA) is 33.4 Å². The zero-order valence-corrected chi connectivity index (χ0v) is 26.1. The van der Waals surface area contributed by atoms with Gasteiger partial charge >= 0.3 is 0 Å². The number of aromatic nitrogens is 2. The summed E-state index contributed by atoms with van der Waals surface area (Å²) in [5.74, 6) is 1.57. The highest BCUT2D eigenvalue weighted by molar-refractivity contribution is 7.13. The average molecular weight is 577 g/mol. The van der Waals surface area contributed by atoms with E-state index in [1.165, 1.54) is 37.9 Å². The van der Waals surface area contributed by atoms with Crippen molar-refractivity contribution in [3.63, 3.8) is 0 Å². The fraction of sp³-hybridized carbons (Fsp3) is 0.471. The van der Waals surface area contributed by atoms with Crippen molar-refractivity contribution < 1.29 is 0 Å². The molecule has 0 amide bonds. The zero-order chi connectivity index (χ0) is 28.5. The van der Waals surface area contributed by atoms with E-state index < -0.39 is 0 Å². The van der Waals surface area contributed by atoms with Crippen molar-refractivity contribution in [1.29, 1.82) is 0 Å². The second-order valence-corrected chi connectivity index (χ2v) is 12.4. The molecule has 4 rings (SSSR count). The first-order valence-corrected chi connectivity index (χ1v) is 16.1. The number of thiazole rings is 1. The summed E-state index contributed by atoms with van der Waals surface area (Å²) in [5.41, 5.74) is 6.13. The largest absolute Gasteiger partial charge is 0.329 e. The number of aliphatic imine (C=N–C) groups is 1. The Morgan fingerprint density at radius 2 is 2.08 bits per heavy atom. The smallest absolute Gasteiger partial charge is 0.142 e. The second-order valence-electron chi connectivity index (χ2n) is 11.1. The predicted molar refractivity (Wildman–Crippen MR) is 176 cm³/mol. The normalized spacial score (nSPS) is 20.9. The first kappa shape index (κ1) is 30.5. The Morgan fingerprint density at radius 1 is 1.23 bits per heavy atom. The maximum absolute atomic E-state index is 6.64. The van der Waals surface area contributed by atoms with Gasteiger partial charge in [0.1, 0.15) is 16.0 Å². The van der Waals surface area contributed by atoms with E-state index in [9.17, 15) is 0 Å². The average Bonchev–Trinajstić information content (AvgIpc) is 3.68. The van der Waals surface area contributed by atoms with Crippen molar-refractivity contribution in [1.82, 2.24) is 14.5 Å². The maximum atomic E-state index is 6.64. The van der Waals surface area contributed by atoms with E-state index in [1.54, 1.807) is 23.0 Å². The first-order chi connectivity index (χ1) is 19.5. The molecule has 0 radical (unpaired) electrons. The molecule has 0 spiro atoms. The Balaban J connectivity index is 1.63. The fourth-order valence-corrected chi connectivity index (χ4v) is 7.13. The third kappa shape index (κ3) is 7.63. The molecule has 1 saturated carbocycles. The number of allylic oxidation sites excluding steroid dienone is 5. The van der Waals surface area contributed by atoms with Gasteiger partial charge in [0.2, 0.25) is 0 Å². The Hall–Kier alpha value is -2.47. The molecule has 0 aromatic carbocycles. The van der Waals surface area contributed by atoms with Gasteiger partial charge in [0, 0.05) is 54.7 Å². The molecule has 2 unspecified atom stereocenters. The molecule has 2 aromatic rings. The van der Waals surface area contributed by atoms with Gasteiger partial charge in [-0.3, -0.25) is 4.90 Å². The van der Waals surface area contributed by atoms with Crippen LogP contribution in [0.15, 0.2) is 71.3 Å². The Morgan fingerprint density at radius 3 is 2.83 bits per heavy atom. The summed E-state index contributed by atoms with van der Waals surface area (Å²) in [7, 11) is 0. The Bertz CT molecular complexity index is 1290. The third-order valence-corrected chi connectivity index (χ3v) is 9.12. The minimum absolute atomic E-state index is 0.394. The summed E-state index contributed by atoms with van der Waals surface area (Å²) < 4.78 is 2.39. The molecule has 1 aliphatic carbocycles. The summed E-state index contributed by atoms with van der Waals surface area (Å²) in [6.07, 6.45) is 23.1. The molecule has 1 aliphatic heterocycles. The van der Waals surface area contributed by atoms with Gasteiger partial charge in [-0.2, -0.15) is 0 Å². The Kier molecular flexibility index (Phi) is 11.4. The maximum Gasteiger partial charge on any atom is 0.142 e. The number of halogens is 1. The molecule has 4 nitrogen and oxygen atoms in total. The van der Waals surface area contributed by atoms with E-state index in [0.29, 0.717) is 17.1 Å². The van der Waals surface area contributed by atoms with Gasteiger partial charge in [-0.25, -0.2) is 9.98 Å². The van der Waals surface area contributed by atoms with E-state index in [0.717, 1.165) is 66.3 Å². The quantitative estimate of drug-likeness (QED) is 0.135. The van der Waals surface area contributed by atoms with Crippen LogP contribution >= 0.6 is 22.9 Å². The molecule has 0 N–H and O–H groups in total. The molecule has 2 aliphatic rings. The molecule has 2 atom stereocenters. The summed E-state index contributed by atoms with van der Waals surface area (Å²) in [5, 5.41) is 3.84. The van der Waals surface area contributed by atoms with Gasteiger partial charge in [0.05, 0.1) is 5.69 Å². The number of rotatable bonds is 13. The van der Waals surface area contributed by atoms with Crippen LogP contribution in [0.25, 0.3) is 16.6 Å². The predicted octanol–water partition coefficient (Wildman–Crippen LogP) is 9.94. The van der Waals surface area contributed by atoms with E-state index in [1.807, 2.05) is 18.2 Å². The summed E-state index contributed by atoms with van der Waals surface area (Å²) >= 11 is 8.34. The van der Waals surface area contributed by atoms with Crippen molar-refractivity contribution >= 4 is 40.0 Å². The zero-order valence-electron chi connectivity index (χ0n) is 24.5. The van der Waals surface area contributed by atoms with Crippen molar-refractivity contribution in [3.8, 4) is 10.6 Å². The molecule has 1 fully saturated rings. The second kappa shape index (κ2) is 15.0. The van der Waals surface area contributed by atoms with Gasteiger partial charge in [-0.15, -0.1) is 11.3 Å². The lowest BCUT2D eigenvalue weighted by Crippen LogP contribution is -2.32. The van der Waals surface area contributed by atoms with Crippen LogP contribution in [-0.2, 0) is 6.42 Å². The van der Waals surface area contributed by atoms with Crippen LogP contribution in [0.2, 0.25) is 0 Å². The Labute approximate surface area is 250 Å². The minimum atomic E-state index is 0.394. The SMILES string of the molecule is C=C/C=C\C=C(/C)Cc1csc(-c2cn(C3CCC(C4=CCCN(CCC)C4)C3)c(/N=C(/Cl)CCC)c2C=C)n1. The van der Waals surface area contributed by atoms with Crippen LogP contribution in [0.3, 0.4) is 0 Å². The van der Waals surface area contributed by atoms with Gasteiger partial charge in [0.25, 0.3) is 0 Å². The molecular weight excluding hydrogens is 532 g/mol. The van der Waals surface area contributed by atoms with Gasteiger partial charge in [-0.05, 0) is 57.9 Å². The summed E-state index contributed by atoms with van der Waals surface area (Å²) in [6, 6.07) is 0.394. The lowest BCUT2D eigenvalue weighted by Gasteiger charge is -2.29. The van der Waals surface area contributed by atoms with Crippen LogP contribution in [0.4, 0.5) is 5.82 Å². The lowest BCUT2D eigenvalue weighted by molar-refractivity contribution is 0.278. The standard InChI is InChI=1S/C34H45ClN4S/c1-6-10-11-14-25(5)20-28-24-40-34(36-28)31-23-39(33(30(31)9-4)37-32(35)13-7-2)29-17-16-26(21-29)27-15-12-19-38(22-27)18-8-3/h6,9-11,14-15,23-24,26,29H,1,4,7-8,12-13,16-22H2,2-3,5H3/b11-10-,25-14+,37-32+. The molecular formula is C34H45ClN4S. The molecule has 2 aromatic heterocycles. The van der Waals surface area contributed by atoms with E-state index in [-0.39, 0.29) is 0 Å². The van der Waals surface area contributed by atoms with Crippen molar-refractivity contribution in [2.24, 2.45) is 10.9 Å². The fourth-order valence-electron chi connectivity index (χ4n) is 6.01. The minimum Gasteiger partial charge on any atom is -0.329 e. The van der Waals surface area contributed by atoms with Gasteiger partial charge in [0.15, 0.2) is 0 Å².